The Morgan fingerprint density at radius 2 is 0.844 bits per heavy atom. The van der Waals surface area contributed by atoms with Gasteiger partial charge in [-0.1, -0.05) is 76.2 Å². The molecule has 6 rings (SSSR count). The van der Waals surface area contributed by atoms with Gasteiger partial charge in [0.1, 0.15) is 23.1 Å². The van der Waals surface area contributed by atoms with Crippen LogP contribution in [-0.2, 0) is 0 Å². The maximum Gasteiger partial charge on any atom is 0.137 e. The lowest BCUT2D eigenvalue weighted by molar-refractivity contribution is 0.483. The van der Waals surface area contributed by atoms with Gasteiger partial charge in [-0.05, 0) is 95.8 Å². The van der Waals surface area contributed by atoms with Crippen molar-refractivity contribution in [2.75, 3.05) is 9.80 Å². The van der Waals surface area contributed by atoms with E-state index in [1.165, 1.54) is 11.1 Å². The van der Waals surface area contributed by atoms with Crippen LogP contribution >= 0.6 is 0 Å². The Kier molecular flexibility index (Phi) is 8.88. The minimum absolute atomic E-state index is 0.393. The van der Waals surface area contributed by atoms with Gasteiger partial charge in [0.05, 0.1) is 11.4 Å². The van der Waals surface area contributed by atoms with E-state index in [1.54, 1.807) is 0 Å². The maximum absolute atomic E-state index is 6.53. The smallest absolute Gasteiger partial charge is 0.137 e. The Bertz CT molecular complexity index is 1720. The predicted octanol–water partition coefficient (Wildman–Crippen LogP) is 11.5. The second kappa shape index (κ2) is 13.5. The molecule has 0 aliphatic rings. The molecule has 0 bridgehead atoms. The first-order valence-electron chi connectivity index (χ1n) is 15.5. The number of nitrogens with zero attached hydrogens (tertiary/aromatic N) is 4. The highest BCUT2D eigenvalue weighted by molar-refractivity contribution is 5.77. The van der Waals surface area contributed by atoms with Crippen LogP contribution in [0.5, 0.6) is 11.5 Å². The number of aromatic nitrogens is 2. The summed E-state index contributed by atoms with van der Waals surface area (Å²) in [6, 6.07) is 45.4. The van der Waals surface area contributed by atoms with Crippen LogP contribution in [0, 0.1) is 0 Å². The molecular weight excluding hydrogens is 552 g/mol. The van der Waals surface area contributed by atoms with E-state index < -0.39 is 0 Å². The zero-order valence-corrected chi connectivity index (χ0v) is 26.2. The molecule has 4 aromatic carbocycles. The molecule has 0 amide bonds. The Balaban J connectivity index is 1.36. The van der Waals surface area contributed by atoms with Crippen LogP contribution in [0.1, 0.15) is 50.7 Å². The number of rotatable bonds is 10. The average molecular weight is 591 g/mol. The number of benzene rings is 4. The number of anilines is 6. The van der Waals surface area contributed by atoms with Gasteiger partial charge in [-0.3, -0.25) is 9.80 Å². The van der Waals surface area contributed by atoms with Crippen LogP contribution in [-0.4, -0.2) is 9.97 Å². The lowest BCUT2D eigenvalue weighted by Gasteiger charge is -2.26. The highest BCUT2D eigenvalue weighted by atomic mass is 16.5. The first-order chi connectivity index (χ1) is 22.0. The SMILES string of the molecule is CC(C)c1ccnc(N(c2ccccc2)c2cccc(Oc3cccc(N(c4ccccc4)c4cc(C(C)C)ccn4)c3)c2)c1. The minimum Gasteiger partial charge on any atom is -0.457 e. The van der Waals surface area contributed by atoms with E-state index in [1.807, 2.05) is 73.1 Å². The van der Waals surface area contributed by atoms with E-state index in [9.17, 15) is 0 Å². The van der Waals surface area contributed by atoms with E-state index >= 15 is 0 Å². The second-order valence-electron chi connectivity index (χ2n) is 11.6. The third kappa shape index (κ3) is 6.89. The molecule has 0 saturated heterocycles. The lowest BCUT2D eigenvalue weighted by Crippen LogP contribution is -2.12. The lowest BCUT2D eigenvalue weighted by atomic mass is 10.0. The van der Waals surface area contributed by atoms with E-state index in [-0.39, 0.29) is 0 Å². The third-order valence-corrected chi connectivity index (χ3v) is 7.75. The fraction of sp³-hybridized carbons (Fsp3) is 0.150. The van der Waals surface area contributed by atoms with Crippen molar-refractivity contribution in [3.63, 3.8) is 0 Å². The van der Waals surface area contributed by atoms with E-state index in [2.05, 4.69) is 110 Å². The summed E-state index contributed by atoms with van der Waals surface area (Å²) in [7, 11) is 0. The van der Waals surface area contributed by atoms with Crippen molar-refractivity contribution in [1.82, 2.24) is 9.97 Å². The number of para-hydroxylation sites is 2. The summed E-state index contributed by atoms with van der Waals surface area (Å²) in [5, 5.41) is 0. The first-order valence-corrected chi connectivity index (χ1v) is 15.5. The quantitative estimate of drug-likeness (QED) is 0.159. The molecule has 0 N–H and O–H groups in total. The summed E-state index contributed by atoms with van der Waals surface area (Å²) in [6.07, 6.45) is 3.77. The highest BCUT2D eigenvalue weighted by Gasteiger charge is 2.18. The number of ether oxygens (including phenoxy) is 1. The molecule has 0 fully saturated rings. The molecule has 5 heteroatoms. The van der Waals surface area contributed by atoms with Crippen LogP contribution in [0.3, 0.4) is 0 Å². The van der Waals surface area contributed by atoms with E-state index in [0.717, 1.165) is 45.9 Å². The van der Waals surface area contributed by atoms with Gasteiger partial charge in [0.25, 0.3) is 0 Å². The normalized spacial score (nSPS) is 11.1. The van der Waals surface area contributed by atoms with Crippen molar-refractivity contribution in [1.29, 1.82) is 0 Å². The molecular formula is C40H38N4O. The zero-order valence-electron chi connectivity index (χ0n) is 26.2. The molecule has 5 nitrogen and oxygen atoms in total. The third-order valence-electron chi connectivity index (χ3n) is 7.75. The van der Waals surface area contributed by atoms with Gasteiger partial charge in [0, 0.05) is 35.9 Å². The van der Waals surface area contributed by atoms with Gasteiger partial charge >= 0.3 is 0 Å². The zero-order chi connectivity index (χ0) is 31.2. The van der Waals surface area contributed by atoms with Crippen molar-refractivity contribution in [2.24, 2.45) is 0 Å². The van der Waals surface area contributed by atoms with Gasteiger partial charge in [-0.25, -0.2) is 9.97 Å². The molecule has 0 aliphatic carbocycles. The van der Waals surface area contributed by atoms with Crippen molar-refractivity contribution in [3.8, 4) is 11.5 Å². The Hall–Kier alpha value is -5.42. The molecule has 0 radical (unpaired) electrons. The van der Waals surface area contributed by atoms with Gasteiger partial charge in [0.15, 0.2) is 0 Å². The Morgan fingerprint density at radius 1 is 0.444 bits per heavy atom. The van der Waals surface area contributed by atoms with Crippen molar-refractivity contribution >= 4 is 34.4 Å². The molecule has 0 unspecified atom stereocenters. The van der Waals surface area contributed by atoms with Crippen LogP contribution in [0.4, 0.5) is 34.4 Å². The van der Waals surface area contributed by atoms with E-state index in [4.69, 9.17) is 14.7 Å². The molecule has 0 atom stereocenters. The summed E-state index contributed by atoms with van der Waals surface area (Å²) < 4.78 is 6.53. The molecule has 0 spiro atoms. The summed E-state index contributed by atoms with van der Waals surface area (Å²) in [5.41, 5.74) is 6.45. The molecule has 2 aromatic heterocycles. The van der Waals surface area contributed by atoms with Crippen molar-refractivity contribution in [3.05, 3.63) is 157 Å². The molecule has 0 saturated carbocycles. The van der Waals surface area contributed by atoms with Gasteiger partial charge < -0.3 is 4.74 Å². The average Bonchev–Trinajstić information content (AvgIpc) is 3.07. The fourth-order valence-electron chi connectivity index (χ4n) is 5.32. The predicted molar refractivity (Wildman–Crippen MR) is 186 cm³/mol. The highest BCUT2D eigenvalue weighted by Crippen LogP contribution is 2.39. The van der Waals surface area contributed by atoms with Crippen molar-refractivity contribution < 1.29 is 4.74 Å². The van der Waals surface area contributed by atoms with Crippen molar-refractivity contribution in [2.45, 2.75) is 39.5 Å². The topological polar surface area (TPSA) is 41.5 Å². The minimum atomic E-state index is 0.393. The Morgan fingerprint density at radius 3 is 1.24 bits per heavy atom. The summed E-state index contributed by atoms with van der Waals surface area (Å²) in [5.74, 6) is 3.98. The second-order valence-corrected chi connectivity index (χ2v) is 11.6. The monoisotopic (exact) mass is 590 g/mol. The maximum atomic E-state index is 6.53. The Labute approximate surface area is 266 Å². The largest absolute Gasteiger partial charge is 0.457 e. The van der Waals surface area contributed by atoms with E-state index in [0.29, 0.717) is 11.8 Å². The standard InChI is InChI=1S/C40H38N4O/c1-29(2)31-21-23-41-39(25-31)43(33-13-7-5-8-14-33)35-17-11-19-37(27-35)45-38-20-12-18-36(28-38)44(34-15-9-6-10-16-34)40-26-32(30(3)4)22-24-42-40/h5-30H,1-4H3. The van der Waals surface area contributed by atoms with Crippen LogP contribution in [0.2, 0.25) is 0 Å². The summed E-state index contributed by atoms with van der Waals surface area (Å²) >= 11 is 0. The number of hydrogen-bond acceptors (Lipinski definition) is 5. The molecule has 0 aliphatic heterocycles. The van der Waals surface area contributed by atoms with Crippen LogP contribution in [0.15, 0.2) is 146 Å². The summed E-state index contributed by atoms with van der Waals surface area (Å²) in [6.45, 7) is 8.80. The first kappa shape index (κ1) is 29.6. The van der Waals surface area contributed by atoms with Gasteiger partial charge in [-0.15, -0.1) is 0 Å². The van der Waals surface area contributed by atoms with Gasteiger partial charge in [-0.2, -0.15) is 0 Å². The molecule has 6 aromatic rings. The van der Waals surface area contributed by atoms with Crippen LogP contribution < -0.4 is 14.5 Å². The number of pyridine rings is 2. The fourth-order valence-corrected chi connectivity index (χ4v) is 5.32. The molecule has 45 heavy (non-hydrogen) atoms. The molecule has 2 heterocycles. The molecule has 224 valence electrons. The number of hydrogen-bond donors (Lipinski definition) is 0. The van der Waals surface area contributed by atoms with Gasteiger partial charge in [0.2, 0.25) is 0 Å². The van der Waals surface area contributed by atoms with Crippen LogP contribution in [0.25, 0.3) is 0 Å². The summed E-state index contributed by atoms with van der Waals surface area (Å²) in [4.78, 5) is 13.9.